The fraction of sp³-hybridized carbons (Fsp3) is 0.500. The third kappa shape index (κ3) is 4.00. The van der Waals surface area contributed by atoms with Gasteiger partial charge in [0.2, 0.25) is 0 Å². The first kappa shape index (κ1) is 21.4. The van der Waals surface area contributed by atoms with Crippen LogP contribution in [-0.4, -0.2) is 17.1 Å². The minimum absolute atomic E-state index is 0.00976. The summed E-state index contributed by atoms with van der Waals surface area (Å²) in [7, 11) is 0. The molecule has 1 saturated heterocycles. The van der Waals surface area contributed by atoms with E-state index in [4.69, 9.17) is 4.74 Å². The maximum Gasteiger partial charge on any atom is 0.309 e. The van der Waals surface area contributed by atoms with Crippen LogP contribution in [-0.2, 0) is 9.53 Å². The Morgan fingerprint density at radius 3 is 2.78 bits per heavy atom. The Labute approximate surface area is 190 Å². The average Bonchev–Trinajstić information content (AvgIpc) is 3.09. The smallest absolute Gasteiger partial charge is 0.309 e. The minimum atomic E-state index is -0.242. The summed E-state index contributed by atoms with van der Waals surface area (Å²) in [5.74, 6) is 2.46. The zero-order valence-corrected chi connectivity index (χ0v) is 18.9. The first-order chi connectivity index (χ1) is 15.5. The molecule has 4 heteroatoms. The number of halogens is 1. The molecule has 2 heterocycles. The lowest BCUT2D eigenvalue weighted by atomic mass is 9.56. The maximum atomic E-state index is 13.5. The number of ether oxygens (including phenoxy) is 1. The van der Waals surface area contributed by atoms with Gasteiger partial charge >= 0.3 is 5.97 Å². The predicted octanol–water partition coefficient (Wildman–Crippen LogP) is 6.54. The second-order valence-corrected chi connectivity index (χ2v) is 9.99. The monoisotopic (exact) mass is 433 g/mol. The van der Waals surface area contributed by atoms with Crippen molar-refractivity contribution < 1.29 is 13.9 Å². The van der Waals surface area contributed by atoms with Gasteiger partial charge in [0.1, 0.15) is 11.9 Å². The lowest BCUT2D eigenvalue weighted by molar-refractivity contribution is -0.144. The van der Waals surface area contributed by atoms with Crippen LogP contribution in [0.1, 0.15) is 51.6 Å². The van der Waals surface area contributed by atoms with E-state index in [1.807, 2.05) is 18.2 Å². The molecule has 0 amide bonds. The van der Waals surface area contributed by atoms with Crippen LogP contribution in [0.25, 0.3) is 17.2 Å². The lowest BCUT2D eigenvalue weighted by Gasteiger charge is -2.47. The van der Waals surface area contributed by atoms with E-state index < -0.39 is 0 Å². The number of benzene rings is 1. The van der Waals surface area contributed by atoms with E-state index in [9.17, 15) is 9.18 Å². The summed E-state index contributed by atoms with van der Waals surface area (Å²) in [6.45, 7) is 4.35. The number of carbonyl (C=O) groups excluding carboxylic acids is 1. The molecule has 1 aromatic heterocycles. The number of pyridine rings is 1. The number of hydrogen-bond acceptors (Lipinski definition) is 3. The molecule has 1 aromatic carbocycles. The van der Waals surface area contributed by atoms with Gasteiger partial charge in [0.05, 0.1) is 11.6 Å². The second kappa shape index (κ2) is 8.80. The number of cyclic esters (lactones) is 1. The number of carbonyl (C=O) groups is 1. The molecule has 168 valence electrons. The van der Waals surface area contributed by atoms with E-state index in [1.54, 1.807) is 12.3 Å². The molecule has 32 heavy (non-hydrogen) atoms. The molecule has 0 spiro atoms. The summed E-state index contributed by atoms with van der Waals surface area (Å²) in [6.07, 6.45) is 12.2. The van der Waals surface area contributed by atoms with Crippen LogP contribution < -0.4 is 0 Å². The highest BCUT2D eigenvalue weighted by atomic mass is 19.1. The summed E-state index contributed by atoms with van der Waals surface area (Å²) >= 11 is 0. The number of fused-ring (bicyclic) bond motifs is 2. The molecule has 5 rings (SSSR count). The molecule has 3 aliphatic rings. The Morgan fingerprint density at radius 2 is 2.03 bits per heavy atom. The highest BCUT2D eigenvalue weighted by molar-refractivity contribution is 5.75. The van der Waals surface area contributed by atoms with Gasteiger partial charge in [-0.3, -0.25) is 9.78 Å². The largest absolute Gasteiger partial charge is 0.462 e. The van der Waals surface area contributed by atoms with Crippen LogP contribution in [0.5, 0.6) is 0 Å². The van der Waals surface area contributed by atoms with Gasteiger partial charge in [0, 0.05) is 17.7 Å². The third-order valence-corrected chi connectivity index (χ3v) is 8.27. The number of hydrogen-bond donors (Lipinski definition) is 0. The molecule has 0 N–H and O–H groups in total. The minimum Gasteiger partial charge on any atom is -0.462 e. The highest BCUT2D eigenvalue weighted by Crippen LogP contribution is 2.54. The Kier molecular flexibility index (Phi) is 5.88. The summed E-state index contributed by atoms with van der Waals surface area (Å²) < 4.78 is 19.2. The molecule has 0 radical (unpaired) electrons. The zero-order valence-electron chi connectivity index (χ0n) is 18.9. The van der Waals surface area contributed by atoms with Crippen LogP contribution in [0.15, 0.2) is 48.7 Å². The van der Waals surface area contributed by atoms with Gasteiger partial charge in [0.25, 0.3) is 0 Å². The standard InChI is InChI=1S/C28H32FNO2/c1-3-18-7-11-24-21(13-18)15-26-27(17(2)32-28(26)31)25(24)12-10-23-9-8-20(16-30-23)19-5-4-6-22(29)14-19/h4-6,8-10,12,14,16-18,21,24-27H,3,7,11,13,15H2,1-2H3/b12-10+/t17-,18-,21+,24-,25+,26-,27+/m1/s1. The topological polar surface area (TPSA) is 39.2 Å². The molecule has 3 fully saturated rings. The quantitative estimate of drug-likeness (QED) is 0.514. The van der Waals surface area contributed by atoms with Crippen molar-refractivity contribution in [2.24, 2.45) is 35.5 Å². The van der Waals surface area contributed by atoms with Crippen LogP contribution >= 0.6 is 0 Å². The number of nitrogens with zero attached hydrogens (tertiary/aromatic N) is 1. The molecule has 2 aromatic rings. The Balaban J connectivity index is 1.38. The van der Waals surface area contributed by atoms with Crippen molar-refractivity contribution in [3.8, 4) is 11.1 Å². The molecule has 3 nitrogen and oxygen atoms in total. The Bertz CT molecular complexity index is 1000. The summed E-state index contributed by atoms with van der Waals surface area (Å²) in [6, 6.07) is 10.6. The Hall–Kier alpha value is -2.49. The van der Waals surface area contributed by atoms with E-state index in [2.05, 4.69) is 31.0 Å². The first-order valence-corrected chi connectivity index (χ1v) is 12.1. The van der Waals surface area contributed by atoms with Gasteiger partial charge in [0.15, 0.2) is 0 Å². The van der Waals surface area contributed by atoms with Gasteiger partial charge in [-0.1, -0.05) is 44.0 Å². The van der Waals surface area contributed by atoms with E-state index in [0.717, 1.165) is 29.2 Å². The van der Waals surface area contributed by atoms with Crippen molar-refractivity contribution in [3.63, 3.8) is 0 Å². The number of esters is 1. The highest BCUT2D eigenvalue weighted by Gasteiger charge is 2.54. The molecule has 2 saturated carbocycles. The lowest BCUT2D eigenvalue weighted by Crippen LogP contribution is -2.44. The fourth-order valence-corrected chi connectivity index (χ4v) is 6.64. The van der Waals surface area contributed by atoms with Gasteiger partial charge in [-0.2, -0.15) is 0 Å². The number of rotatable bonds is 4. The number of aromatic nitrogens is 1. The normalized spacial score (nSPS) is 34.2. The van der Waals surface area contributed by atoms with Crippen LogP contribution in [0.2, 0.25) is 0 Å². The van der Waals surface area contributed by atoms with Crippen molar-refractivity contribution in [3.05, 3.63) is 60.2 Å². The zero-order chi connectivity index (χ0) is 22.2. The maximum absolute atomic E-state index is 13.5. The van der Waals surface area contributed by atoms with Crippen LogP contribution in [0.3, 0.4) is 0 Å². The molecule has 2 aliphatic carbocycles. The molecule has 0 unspecified atom stereocenters. The first-order valence-electron chi connectivity index (χ1n) is 12.1. The van der Waals surface area contributed by atoms with E-state index >= 15 is 0 Å². The fourth-order valence-electron chi connectivity index (χ4n) is 6.64. The average molecular weight is 434 g/mol. The molecular weight excluding hydrogens is 401 g/mol. The van der Waals surface area contributed by atoms with Gasteiger partial charge < -0.3 is 4.74 Å². The summed E-state index contributed by atoms with van der Waals surface area (Å²) in [5.41, 5.74) is 2.62. The van der Waals surface area contributed by atoms with Gasteiger partial charge in [-0.15, -0.1) is 0 Å². The predicted molar refractivity (Wildman–Crippen MR) is 124 cm³/mol. The van der Waals surface area contributed by atoms with Crippen molar-refractivity contribution in [1.29, 1.82) is 0 Å². The van der Waals surface area contributed by atoms with Crippen molar-refractivity contribution in [2.45, 2.75) is 52.1 Å². The SMILES string of the molecule is CC[C@@H]1CC[C@@H]2[C@@H](C1)C[C@H]1C(=O)O[C@H](C)[C@H]1[C@H]2/C=C/c1ccc(-c2cccc(F)c2)cn1. The van der Waals surface area contributed by atoms with Gasteiger partial charge in [-0.05, 0) is 79.7 Å². The van der Waals surface area contributed by atoms with E-state index in [-0.39, 0.29) is 29.7 Å². The van der Waals surface area contributed by atoms with E-state index in [1.165, 1.54) is 37.8 Å². The molecular formula is C28H32FNO2. The van der Waals surface area contributed by atoms with Crippen molar-refractivity contribution in [1.82, 2.24) is 4.98 Å². The van der Waals surface area contributed by atoms with Gasteiger partial charge in [-0.25, -0.2) is 4.39 Å². The van der Waals surface area contributed by atoms with Crippen LogP contribution in [0, 0.1) is 41.3 Å². The molecule has 0 bridgehead atoms. The van der Waals surface area contributed by atoms with Crippen LogP contribution in [0.4, 0.5) is 4.39 Å². The Morgan fingerprint density at radius 1 is 1.16 bits per heavy atom. The summed E-state index contributed by atoms with van der Waals surface area (Å²) in [5, 5.41) is 0. The van der Waals surface area contributed by atoms with Crippen molar-refractivity contribution >= 4 is 12.0 Å². The molecule has 7 atom stereocenters. The number of allylic oxidation sites excluding steroid dienone is 1. The second-order valence-electron chi connectivity index (χ2n) is 9.99. The molecule has 1 aliphatic heterocycles. The van der Waals surface area contributed by atoms with Crippen molar-refractivity contribution in [2.75, 3.05) is 0 Å². The van der Waals surface area contributed by atoms with E-state index in [0.29, 0.717) is 17.8 Å². The summed E-state index contributed by atoms with van der Waals surface area (Å²) in [4.78, 5) is 17.2. The third-order valence-electron chi connectivity index (χ3n) is 8.27.